The summed E-state index contributed by atoms with van der Waals surface area (Å²) >= 11 is 2.20. The lowest BCUT2D eigenvalue weighted by molar-refractivity contribution is -0.141. The van der Waals surface area contributed by atoms with Gasteiger partial charge >= 0.3 is 18.0 Å². The molecular formula is C29H42IN5O9. The van der Waals surface area contributed by atoms with Gasteiger partial charge in [0, 0.05) is 35.3 Å². The molecule has 0 heterocycles. The van der Waals surface area contributed by atoms with Gasteiger partial charge in [0.25, 0.3) is 6.47 Å². The van der Waals surface area contributed by atoms with Crippen LogP contribution in [0.1, 0.15) is 63.4 Å². The first kappa shape index (κ1) is 36.7. The Hall–Kier alpha value is -3.47. The van der Waals surface area contributed by atoms with Crippen molar-refractivity contribution < 1.29 is 43.7 Å². The molecule has 0 bridgehead atoms. The lowest BCUT2D eigenvalue weighted by atomic mass is 9.81. The van der Waals surface area contributed by atoms with E-state index in [0.717, 1.165) is 34.8 Å². The van der Waals surface area contributed by atoms with Crippen LogP contribution in [0.2, 0.25) is 0 Å². The van der Waals surface area contributed by atoms with Crippen molar-refractivity contribution in [2.75, 3.05) is 13.1 Å². The highest BCUT2D eigenvalue weighted by Crippen LogP contribution is 2.28. The fourth-order valence-electron chi connectivity index (χ4n) is 4.95. The summed E-state index contributed by atoms with van der Waals surface area (Å²) in [5, 5.41) is 28.3. The van der Waals surface area contributed by atoms with E-state index in [4.69, 9.17) is 15.6 Å². The number of hydrogen-bond acceptors (Lipinski definition) is 8. The van der Waals surface area contributed by atoms with Crippen LogP contribution in [0.25, 0.3) is 0 Å². The summed E-state index contributed by atoms with van der Waals surface area (Å²) in [6.07, 6.45) is 2.76. The number of rotatable bonds is 19. The largest absolute Gasteiger partial charge is 0.481 e. The Balaban J connectivity index is 1.88. The Kier molecular flexibility index (Phi) is 16.5. The van der Waals surface area contributed by atoms with Crippen LogP contribution in [-0.4, -0.2) is 77.9 Å². The van der Waals surface area contributed by atoms with E-state index < -0.39 is 42.7 Å². The number of aliphatic carboxylic acids is 2. The van der Waals surface area contributed by atoms with Gasteiger partial charge in [0.1, 0.15) is 12.1 Å². The zero-order valence-corrected chi connectivity index (χ0v) is 26.6. The number of benzene rings is 1. The van der Waals surface area contributed by atoms with Crippen LogP contribution in [0.5, 0.6) is 0 Å². The van der Waals surface area contributed by atoms with E-state index in [9.17, 15) is 33.9 Å². The second-order valence-electron chi connectivity index (χ2n) is 10.8. The van der Waals surface area contributed by atoms with Crippen molar-refractivity contribution in [3.8, 4) is 0 Å². The second-order valence-corrected chi connectivity index (χ2v) is 11.9. The summed E-state index contributed by atoms with van der Waals surface area (Å²) in [6, 6.07) is 4.49. The lowest BCUT2D eigenvalue weighted by Gasteiger charge is -2.28. The normalized spacial score (nSPS) is 18.1. The number of hydrogen-bond donors (Lipinski definition) is 7. The summed E-state index contributed by atoms with van der Waals surface area (Å²) in [4.78, 5) is 71.5. The molecule has 44 heavy (non-hydrogen) atoms. The molecule has 14 nitrogen and oxygen atoms in total. The smallest absolute Gasteiger partial charge is 0.326 e. The number of carbonyl (C=O) groups is 6. The number of carboxylic acid groups (broad SMARTS) is 2. The van der Waals surface area contributed by atoms with Gasteiger partial charge in [-0.1, -0.05) is 18.2 Å². The van der Waals surface area contributed by atoms with Crippen molar-refractivity contribution >= 4 is 58.8 Å². The minimum Gasteiger partial charge on any atom is -0.481 e. The van der Waals surface area contributed by atoms with Gasteiger partial charge < -0.3 is 42.0 Å². The SMILES string of the molecule is NCC1CCC(C(=O)N[C@@H](Cc2ccccc2I)C(=O)NCCCC[C@H](NC(=O)N[C@@H](CCC(=O)O)C(=O)O)OC=O)CC1. The highest BCUT2D eigenvalue weighted by atomic mass is 127. The Morgan fingerprint density at radius 2 is 1.68 bits per heavy atom. The van der Waals surface area contributed by atoms with E-state index in [0.29, 0.717) is 31.7 Å². The number of amides is 4. The third-order valence-electron chi connectivity index (χ3n) is 7.52. The molecule has 1 fully saturated rings. The summed E-state index contributed by atoms with van der Waals surface area (Å²) in [6.45, 7) is 1.01. The number of carboxylic acids is 2. The van der Waals surface area contributed by atoms with E-state index >= 15 is 0 Å². The zero-order valence-electron chi connectivity index (χ0n) is 24.5. The topological polar surface area (TPSA) is 226 Å². The van der Waals surface area contributed by atoms with Crippen LogP contribution in [0.4, 0.5) is 4.79 Å². The van der Waals surface area contributed by atoms with Crippen molar-refractivity contribution in [3.63, 3.8) is 0 Å². The summed E-state index contributed by atoms with van der Waals surface area (Å²) < 4.78 is 5.86. The van der Waals surface area contributed by atoms with Crippen molar-refractivity contribution in [1.82, 2.24) is 21.3 Å². The van der Waals surface area contributed by atoms with Crippen molar-refractivity contribution in [2.24, 2.45) is 17.6 Å². The number of carbonyl (C=O) groups excluding carboxylic acids is 4. The maximum absolute atomic E-state index is 13.2. The van der Waals surface area contributed by atoms with Gasteiger partial charge in [0.2, 0.25) is 11.8 Å². The Labute approximate surface area is 269 Å². The molecule has 0 aromatic heterocycles. The molecular weight excluding hydrogens is 689 g/mol. The summed E-state index contributed by atoms with van der Waals surface area (Å²) in [5.41, 5.74) is 6.71. The average molecular weight is 732 g/mol. The zero-order chi connectivity index (χ0) is 32.5. The number of unbranched alkanes of at least 4 members (excludes halogenated alkanes) is 1. The van der Waals surface area contributed by atoms with E-state index in [1.807, 2.05) is 24.3 Å². The number of ether oxygens (including phenoxy) is 1. The van der Waals surface area contributed by atoms with Crippen molar-refractivity contribution in [2.45, 2.75) is 82.5 Å². The molecule has 0 saturated heterocycles. The van der Waals surface area contributed by atoms with Gasteiger partial charge in [-0.3, -0.25) is 19.2 Å². The van der Waals surface area contributed by atoms with Gasteiger partial charge in [-0.2, -0.15) is 0 Å². The molecule has 1 saturated carbocycles. The summed E-state index contributed by atoms with van der Waals surface area (Å²) in [7, 11) is 0. The highest BCUT2D eigenvalue weighted by molar-refractivity contribution is 14.1. The minimum absolute atomic E-state index is 0.141. The van der Waals surface area contributed by atoms with E-state index in [2.05, 4.69) is 43.9 Å². The van der Waals surface area contributed by atoms with Gasteiger partial charge in [-0.05, 0) is 91.6 Å². The number of nitrogens with two attached hydrogens (primary N) is 1. The molecule has 1 aliphatic carbocycles. The minimum atomic E-state index is -1.44. The quantitative estimate of drug-likeness (QED) is 0.0470. The van der Waals surface area contributed by atoms with Gasteiger partial charge in [0.05, 0.1) is 0 Å². The van der Waals surface area contributed by atoms with Crippen molar-refractivity contribution in [3.05, 3.63) is 33.4 Å². The Morgan fingerprint density at radius 3 is 2.30 bits per heavy atom. The maximum Gasteiger partial charge on any atom is 0.326 e. The Bertz CT molecular complexity index is 1130. The first-order valence-corrected chi connectivity index (χ1v) is 15.7. The summed E-state index contributed by atoms with van der Waals surface area (Å²) in [5.74, 6) is -2.81. The van der Waals surface area contributed by atoms with Crippen LogP contribution >= 0.6 is 22.6 Å². The fraction of sp³-hybridized carbons (Fsp3) is 0.586. The molecule has 3 atom stereocenters. The molecule has 0 unspecified atom stereocenters. The third-order valence-corrected chi connectivity index (χ3v) is 8.57. The molecule has 4 amide bonds. The number of halogens is 1. The predicted molar refractivity (Wildman–Crippen MR) is 167 cm³/mol. The number of nitrogens with one attached hydrogen (secondary N) is 4. The highest BCUT2D eigenvalue weighted by Gasteiger charge is 2.29. The molecule has 0 radical (unpaired) electrons. The predicted octanol–water partition coefficient (Wildman–Crippen LogP) is 1.49. The van der Waals surface area contributed by atoms with Crippen LogP contribution in [0, 0.1) is 15.4 Å². The molecule has 2 rings (SSSR count). The van der Waals surface area contributed by atoms with Crippen molar-refractivity contribution in [1.29, 1.82) is 0 Å². The molecule has 0 spiro atoms. The second kappa shape index (κ2) is 19.7. The first-order valence-electron chi connectivity index (χ1n) is 14.7. The molecule has 1 aromatic carbocycles. The van der Waals surface area contributed by atoms with E-state index in [1.54, 1.807) is 0 Å². The van der Waals surface area contributed by atoms with Gasteiger partial charge in [-0.15, -0.1) is 0 Å². The van der Waals surface area contributed by atoms with Crippen LogP contribution in [-0.2, 0) is 35.1 Å². The standard InChI is InChI=1S/C29H42IN5O9/c30-21-6-2-1-5-20(21)15-23(33-26(39)19-10-8-18(16-31)9-11-19)27(40)32-14-4-3-7-24(44-17-36)35-29(43)34-22(28(41)42)12-13-25(37)38/h1-2,5-6,17-19,22-24H,3-4,7-16,31H2,(H,32,40)(H,33,39)(H,37,38)(H,41,42)(H2,34,35,43)/t18?,19?,22-,23-,24+/m0/s1. The van der Waals surface area contributed by atoms with Crippen LogP contribution < -0.4 is 27.0 Å². The molecule has 1 aliphatic rings. The number of urea groups is 1. The first-order chi connectivity index (χ1) is 21.0. The molecule has 15 heteroatoms. The van der Waals surface area contributed by atoms with E-state index in [1.165, 1.54) is 0 Å². The molecule has 8 N–H and O–H groups in total. The van der Waals surface area contributed by atoms with Crippen LogP contribution in [0.3, 0.4) is 0 Å². The van der Waals surface area contributed by atoms with Crippen LogP contribution in [0.15, 0.2) is 24.3 Å². The lowest BCUT2D eigenvalue weighted by Crippen LogP contribution is -2.50. The average Bonchev–Trinajstić information content (AvgIpc) is 2.99. The molecule has 244 valence electrons. The third kappa shape index (κ3) is 13.4. The Morgan fingerprint density at radius 1 is 0.977 bits per heavy atom. The fourth-order valence-corrected chi connectivity index (χ4v) is 5.55. The van der Waals surface area contributed by atoms with Gasteiger partial charge in [0.15, 0.2) is 6.23 Å². The maximum atomic E-state index is 13.2. The van der Waals surface area contributed by atoms with E-state index in [-0.39, 0.29) is 43.6 Å². The molecule has 0 aliphatic heterocycles. The monoisotopic (exact) mass is 731 g/mol. The molecule has 1 aromatic rings. The van der Waals surface area contributed by atoms with Gasteiger partial charge in [-0.25, -0.2) is 9.59 Å².